The van der Waals surface area contributed by atoms with Crippen molar-refractivity contribution >= 4 is 11.3 Å². The van der Waals surface area contributed by atoms with Gasteiger partial charge in [-0.2, -0.15) is 0 Å². The smallest absolute Gasteiger partial charge is 0.0360 e. The van der Waals surface area contributed by atoms with E-state index in [1.54, 1.807) is 0 Å². The Kier molecular flexibility index (Phi) is 4.74. The predicted molar refractivity (Wildman–Crippen MR) is 92.1 cm³/mol. The summed E-state index contributed by atoms with van der Waals surface area (Å²) in [7, 11) is 0. The van der Waals surface area contributed by atoms with Crippen LogP contribution in [-0.2, 0) is 6.42 Å². The number of nitrogens with one attached hydrogen (secondary N) is 1. The molecule has 0 aliphatic heterocycles. The second kappa shape index (κ2) is 6.53. The van der Waals surface area contributed by atoms with Crippen molar-refractivity contribution in [3.63, 3.8) is 0 Å². The molecule has 2 aromatic carbocycles. The molecular weight excluding hydrogens is 254 g/mol. The molecule has 0 aromatic heterocycles. The fourth-order valence-electron chi connectivity index (χ4n) is 2.71. The van der Waals surface area contributed by atoms with Crippen molar-refractivity contribution in [2.45, 2.75) is 34.1 Å². The molecule has 0 heterocycles. The minimum Gasteiger partial charge on any atom is -0.305 e. The Bertz CT molecular complexity index is 674. The Labute approximate surface area is 127 Å². The lowest BCUT2D eigenvalue weighted by Gasteiger charge is -2.13. The first-order chi connectivity index (χ1) is 9.99. The molecule has 1 N–H and O–H groups in total. The molecule has 21 heavy (non-hydrogen) atoms. The topological polar surface area (TPSA) is 23.9 Å². The molecule has 0 spiro atoms. The molecule has 0 radical (unpaired) electrons. The first kappa shape index (κ1) is 15.2. The Morgan fingerprint density at radius 3 is 2.19 bits per heavy atom. The second-order valence-corrected chi connectivity index (χ2v) is 5.80. The minimum atomic E-state index is 0.629. The van der Waals surface area contributed by atoms with Gasteiger partial charge in [0.2, 0.25) is 0 Å². The van der Waals surface area contributed by atoms with Gasteiger partial charge in [-0.3, -0.25) is 0 Å². The molecule has 0 aliphatic carbocycles. The fraction of sp³-hybridized carbons (Fsp3) is 0.250. The maximum atomic E-state index is 8.01. The maximum absolute atomic E-state index is 8.01. The van der Waals surface area contributed by atoms with Gasteiger partial charge in [0.25, 0.3) is 0 Å². The molecule has 0 saturated heterocycles. The van der Waals surface area contributed by atoms with Crippen LogP contribution < -0.4 is 0 Å². The van der Waals surface area contributed by atoms with Crippen LogP contribution in [0.4, 0.5) is 0 Å². The van der Waals surface area contributed by atoms with E-state index in [4.69, 9.17) is 5.41 Å². The standard InChI is InChI=1S/C20H23N/c1-14(2)20(16(4)21)18-11-10-15(3)19(13-18)12-17-8-6-5-7-9-17/h5-11,13,21H,12H2,1-4H3. The van der Waals surface area contributed by atoms with Crippen molar-refractivity contribution in [1.82, 2.24) is 0 Å². The monoisotopic (exact) mass is 277 g/mol. The van der Waals surface area contributed by atoms with Crippen LogP contribution >= 0.6 is 0 Å². The fourth-order valence-corrected chi connectivity index (χ4v) is 2.71. The van der Waals surface area contributed by atoms with E-state index >= 15 is 0 Å². The summed E-state index contributed by atoms with van der Waals surface area (Å²) in [6.45, 7) is 8.16. The number of benzene rings is 2. The summed E-state index contributed by atoms with van der Waals surface area (Å²) in [6.07, 6.45) is 0.938. The summed E-state index contributed by atoms with van der Waals surface area (Å²) in [5.74, 6) is 0. The SMILES string of the molecule is CC(=N)C(=C(C)C)c1ccc(C)c(Cc2ccccc2)c1. The van der Waals surface area contributed by atoms with Crippen LogP contribution in [0.5, 0.6) is 0 Å². The number of allylic oxidation sites excluding steroid dienone is 2. The van der Waals surface area contributed by atoms with E-state index in [1.807, 2.05) is 13.0 Å². The molecule has 1 heteroatoms. The molecule has 0 aliphatic rings. The molecule has 0 amide bonds. The molecular formula is C20H23N. The van der Waals surface area contributed by atoms with Gasteiger partial charge in [0.15, 0.2) is 0 Å². The zero-order valence-corrected chi connectivity index (χ0v) is 13.3. The Morgan fingerprint density at radius 2 is 1.62 bits per heavy atom. The molecule has 0 fully saturated rings. The van der Waals surface area contributed by atoms with Crippen molar-refractivity contribution < 1.29 is 0 Å². The molecule has 108 valence electrons. The van der Waals surface area contributed by atoms with Crippen LogP contribution in [0.2, 0.25) is 0 Å². The largest absolute Gasteiger partial charge is 0.305 e. The van der Waals surface area contributed by atoms with Crippen LogP contribution in [0.15, 0.2) is 54.1 Å². The van der Waals surface area contributed by atoms with E-state index in [2.05, 4.69) is 63.2 Å². The van der Waals surface area contributed by atoms with Crippen LogP contribution in [0.1, 0.15) is 43.0 Å². The highest BCUT2D eigenvalue weighted by atomic mass is 14.4. The summed E-state index contributed by atoms with van der Waals surface area (Å²) in [5.41, 5.74) is 7.99. The molecule has 0 atom stereocenters. The summed E-state index contributed by atoms with van der Waals surface area (Å²) in [4.78, 5) is 0. The van der Waals surface area contributed by atoms with Crippen molar-refractivity contribution in [2.75, 3.05) is 0 Å². The maximum Gasteiger partial charge on any atom is 0.0360 e. The van der Waals surface area contributed by atoms with Gasteiger partial charge < -0.3 is 5.41 Å². The Balaban J connectivity index is 2.43. The van der Waals surface area contributed by atoms with Gasteiger partial charge in [0.05, 0.1) is 0 Å². The van der Waals surface area contributed by atoms with Crippen molar-refractivity contribution in [3.05, 3.63) is 76.4 Å². The molecule has 0 bridgehead atoms. The van der Waals surface area contributed by atoms with Gasteiger partial charge in [-0.15, -0.1) is 0 Å². The number of rotatable bonds is 4. The first-order valence-electron chi connectivity index (χ1n) is 7.36. The van der Waals surface area contributed by atoms with Crippen molar-refractivity contribution in [1.29, 1.82) is 5.41 Å². The van der Waals surface area contributed by atoms with E-state index in [0.717, 1.165) is 17.6 Å². The zero-order valence-electron chi connectivity index (χ0n) is 13.3. The third kappa shape index (κ3) is 3.69. The molecule has 2 rings (SSSR count). The van der Waals surface area contributed by atoms with E-state index < -0.39 is 0 Å². The average molecular weight is 277 g/mol. The number of hydrogen-bond acceptors (Lipinski definition) is 1. The second-order valence-electron chi connectivity index (χ2n) is 5.80. The highest BCUT2D eigenvalue weighted by Crippen LogP contribution is 2.24. The highest BCUT2D eigenvalue weighted by Gasteiger charge is 2.09. The summed E-state index contributed by atoms with van der Waals surface area (Å²) >= 11 is 0. The van der Waals surface area contributed by atoms with E-state index in [-0.39, 0.29) is 0 Å². The Hall–Kier alpha value is -2.15. The molecule has 1 nitrogen and oxygen atoms in total. The first-order valence-corrected chi connectivity index (χ1v) is 7.36. The summed E-state index contributed by atoms with van der Waals surface area (Å²) < 4.78 is 0. The van der Waals surface area contributed by atoms with Gasteiger partial charge in [-0.1, -0.05) is 54.1 Å². The third-order valence-electron chi connectivity index (χ3n) is 3.75. The Morgan fingerprint density at radius 1 is 0.952 bits per heavy atom. The number of hydrogen-bond donors (Lipinski definition) is 1. The van der Waals surface area contributed by atoms with Crippen LogP contribution in [0.3, 0.4) is 0 Å². The molecule has 2 aromatic rings. The lowest BCUT2D eigenvalue weighted by atomic mass is 9.92. The predicted octanol–water partition coefficient (Wildman–Crippen LogP) is 5.42. The van der Waals surface area contributed by atoms with E-state index in [9.17, 15) is 0 Å². The molecule has 0 unspecified atom stereocenters. The normalized spacial score (nSPS) is 10.3. The van der Waals surface area contributed by atoms with Gasteiger partial charge in [0.1, 0.15) is 0 Å². The van der Waals surface area contributed by atoms with Gasteiger partial charge in [0, 0.05) is 11.3 Å². The van der Waals surface area contributed by atoms with Crippen LogP contribution in [0.25, 0.3) is 5.57 Å². The average Bonchev–Trinajstić information content (AvgIpc) is 2.43. The van der Waals surface area contributed by atoms with Gasteiger partial charge in [-0.25, -0.2) is 0 Å². The lowest BCUT2D eigenvalue weighted by molar-refractivity contribution is 1.15. The zero-order chi connectivity index (χ0) is 15.4. The summed E-state index contributed by atoms with van der Waals surface area (Å²) in [5, 5.41) is 8.01. The van der Waals surface area contributed by atoms with Crippen molar-refractivity contribution in [2.24, 2.45) is 0 Å². The van der Waals surface area contributed by atoms with E-state index in [1.165, 1.54) is 22.3 Å². The van der Waals surface area contributed by atoms with Crippen molar-refractivity contribution in [3.8, 4) is 0 Å². The highest BCUT2D eigenvalue weighted by molar-refractivity contribution is 6.21. The quantitative estimate of drug-likeness (QED) is 0.722. The van der Waals surface area contributed by atoms with Crippen LogP contribution in [-0.4, -0.2) is 5.71 Å². The minimum absolute atomic E-state index is 0.629. The molecule has 0 saturated carbocycles. The van der Waals surface area contributed by atoms with E-state index in [0.29, 0.717) is 5.71 Å². The van der Waals surface area contributed by atoms with Crippen LogP contribution in [0, 0.1) is 12.3 Å². The van der Waals surface area contributed by atoms with Gasteiger partial charge in [-0.05, 0) is 56.4 Å². The van der Waals surface area contributed by atoms with Gasteiger partial charge >= 0.3 is 0 Å². The summed E-state index contributed by atoms with van der Waals surface area (Å²) in [6, 6.07) is 17.1. The third-order valence-corrected chi connectivity index (χ3v) is 3.75. The number of aryl methyl sites for hydroxylation is 1. The lowest BCUT2D eigenvalue weighted by Crippen LogP contribution is -2.00.